The van der Waals surface area contributed by atoms with Gasteiger partial charge in [0, 0.05) is 16.6 Å². The number of ketones is 1. The molecule has 0 aromatic heterocycles. The molecule has 1 atom stereocenters. The maximum absolute atomic E-state index is 12.9. The monoisotopic (exact) mass is 455 g/mol. The van der Waals surface area contributed by atoms with E-state index in [4.69, 9.17) is 0 Å². The third-order valence-corrected chi connectivity index (χ3v) is 5.83. The summed E-state index contributed by atoms with van der Waals surface area (Å²) in [5.41, 5.74) is 2.58. The van der Waals surface area contributed by atoms with E-state index in [1.165, 1.54) is 0 Å². The minimum absolute atomic E-state index is 0.118. The smallest absolute Gasteiger partial charge is 0.295 e. The lowest BCUT2D eigenvalue weighted by Gasteiger charge is -2.25. The molecule has 0 spiro atoms. The van der Waals surface area contributed by atoms with Gasteiger partial charge in [0.2, 0.25) is 0 Å². The van der Waals surface area contributed by atoms with Crippen molar-refractivity contribution in [1.82, 2.24) is 4.90 Å². The topological polar surface area (TPSA) is 57.6 Å². The lowest BCUT2D eigenvalue weighted by Crippen LogP contribution is -2.30. The molecular weight excluding hydrogens is 430 g/mol. The predicted molar refractivity (Wildman–Crippen MR) is 118 cm³/mol. The molecule has 2 aromatic rings. The number of Topliss-reactive ketones (excluding diaryl/α,β-unsaturated/α-hetero) is 1. The van der Waals surface area contributed by atoms with Gasteiger partial charge in [0.1, 0.15) is 5.76 Å². The summed E-state index contributed by atoms with van der Waals surface area (Å²) < 4.78 is 0.916. The number of aryl methyl sites for hydroxylation is 1. The zero-order chi connectivity index (χ0) is 21.0. The third kappa shape index (κ3) is 4.61. The first-order valence-electron chi connectivity index (χ1n) is 10.0. The van der Waals surface area contributed by atoms with Gasteiger partial charge in [-0.2, -0.15) is 0 Å². The zero-order valence-electron chi connectivity index (χ0n) is 16.8. The normalized spacial score (nSPS) is 18.4. The van der Waals surface area contributed by atoms with Gasteiger partial charge in [0.05, 0.1) is 11.6 Å². The van der Waals surface area contributed by atoms with Crippen LogP contribution in [-0.4, -0.2) is 28.2 Å². The first-order chi connectivity index (χ1) is 13.9. The van der Waals surface area contributed by atoms with Crippen molar-refractivity contribution < 1.29 is 14.7 Å². The molecule has 0 saturated carbocycles. The Labute approximate surface area is 180 Å². The molecule has 2 aromatic carbocycles. The minimum Gasteiger partial charge on any atom is -0.507 e. The average Bonchev–Trinajstić information content (AvgIpc) is 2.96. The molecule has 1 saturated heterocycles. The summed E-state index contributed by atoms with van der Waals surface area (Å²) in [4.78, 5) is 27.4. The van der Waals surface area contributed by atoms with E-state index >= 15 is 0 Å². The minimum atomic E-state index is -0.619. The van der Waals surface area contributed by atoms with Gasteiger partial charge < -0.3 is 10.0 Å². The number of aliphatic hydroxyl groups is 1. The number of likely N-dealkylation sites (tertiary alicyclic amines) is 1. The highest BCUT2D eigenvalue weighted by molar-refractivity contribution is 9.10. The number of carbonyl (C=O) groups is 2. The van der Waals surface area contributed by atoms with Gasteiger partial charge in [0.25, 0.3) is 11.7 Å². The van der Waals surface area contributed by atoms with Crippen LogP contribution in [0.2, 0.25) is 0 Å². The molecule has 0 radical (unpaired) electrons. The lowest BCUT2D eigenvalue weighted by atomic mass is 9.95. The van der Waals surface area contributed by atoms with Crippen molar-refractivity contribution in [3.8, 4) is 0 Å². The van der Waals surface area contributed by atoms with Gasteiger partial charge >= 0.3 is 0 Å². The van der Waals surface area contributed by atoms with Crippen LogP contribution in [-0.2, 0) is 9.59 Å². The van der Waals surface area contributed by atoms with Gasteiger partial charge in [-0.25, -0.2) is 0 Å². The van der Waals surface area contributed by atoms with Gasteiger partial charge in [0.15, 0.2) is 0 Å². The molecule has 29 heavy (non-hydrogen) atoms. The van der Waals surface area contributed by atoms with E-state index in [1.807, 2.05) is 43.3 Å². The van der Waals surface area contributed by atoms with Crippen LogP contribution < -0.4 is 0 Å². The fraction of sp³-hybridized carbons (Fsp3) is 0.333. The standard InChI is InChI=1S/C24H26BrNO3/c1-3-4-5-6-15-26-21(17-11-13-19(25)14-12-17)20(23(28)24(26)29)22(27)18-9-7-16(2)8-10-18/h7-14,21,27H,3-6,15H2,1-2H3/b22-20-. The fourth-order valence-electron chi connectivity index (χ4n) is 3.68. The van der Waals surface area contributed by atoms with Crippen molar-refractivity contribution in [3.05, 3.63) is 75.3 Å². The van der Waals surface area contributed by atoms with Gasteiger partial charge in [-0.05, 0) is 31.0 Å². The fourth-order valence-corrected chi connectivity index (χ4v) is 3.94. The summed E-state index contributed by atoms with van der Waals surface area (Å²) >= 11 is 3.43. The van der Waals surface area contributed by atoms with Crippen LogP contribution >= 0.6 is 15.9 Å². The van der Waals surface area contributed by atoms with Crippen molar-refractivity contribution in [2.45, 2.75) is 45.6 Å². The summed E-state index contributed by atoms with van der Waals surface area (Å²) in [5.74, 6) is -1.28. The number of unbranched alkanes of at least 4 members (excludes halogenated alkanes) is 3. The summed E-state index contributed by atoms with van der Waals surface area (Å²) in [7, 11) is 0. The number of carbonyl (C=O) groups excluding carboxylic acids is 2. The van der Waals surface area contributed by atoms with Crippen molar-refractivity contribution in [1.29, 1.82) is 0 Å². The van der Waals surface area contributed by atoms with Crippen LogP contribution in [0.3, 0.4) is 0 Å². The average molecular weight is 456 g/mol. The molecule has 3 rings (SSSR count). The SMILES string of the molecule is CCCCCCN1C(=O)C(=O)/C(=C(\O)c2ccc(C)cc2)C1c1ccc(Br)cc1. The second-order valence-electron chi connectivity index (χ2n) is 7.47. The van der Waals surface area contributed by atoms with Gasteiger partial charge in [-0.15, -0.1) is 0 Å². The van der Waals surface area contributed by atoms with Crippen LogP contribution in [0.5, 0.6) is 0 Å². The molecule has 0 bridgehead atoms. The summed E-state index contributed by atoms with van der Waals surface area (Å²) in [6.07, 6.45) is 4.03. The number of halogens is 1. The van der Waals surface area contributed by atoms with E-state index in [9.17, 15) is 14.7 Å². The number of nitrogens with zero attached hydrogens (tertiary/aromatic N) is 1. The molecule has 1 unspecified atom stereocenters. The Hall–Kier alpha value is -2.40. The second-order valence-corrected chi connectivity index (χ2v) is 8.39. The molecular formula is C24H26BrNO3. The van der Waals surface area contributed by atoms with E-state index in [1.54, 1.807) is 17.0 Å². The number of benzene rings is 2. The zero-order valence-corrected chi connectivity index (χ0v) is 18.4. The molecule has 1 N–H and O–H groups in total. The highest BCUT2D eigenvalue weighted by Gasteiger charge is 2.45. The highest BCUT2D eigenvalue weighted by Crippen LogP contribution is 2.39. The predicted octanol–water partition coefficient (Wildman–Crippen LogP) is 5.76. The molecule has 1 amide bonds. The van der Waals surface area contributed by atoms with E-state index in [0.29, 0.717) is 12.1 Å². The van der Waals surface area contributed by atoms with E-state index < -0.39 is 17.7 Å². The quantitative estimate of drug-likeness (QED) is 0.250. The molecule has 4 nitrogen and oxygen atoms in total. The summed E-state index contributed by atoms with van der Waals surface area (Å²) in [5, 5.41) is 11.0. The van der Waals surface area contributed by atoms with Crippen LogP contribution in [0.4, 0.5) is 0 Å². The maximum atomic E-state index is 12.9. The van der Waals surface area contributed by atoms with Crippen LogP contribution in [0.25, 0.3) is 5.76 Å². The molecule has 1 fully saturated rings. The Morgan fingerprint density at radius 2 is 1.66 bits per heavy atom. The Balaban J connectivity index is 2.05. The van der Waals surface area contributed by atoms with Crippen molar-refractivity contribution in [2.24, 2.45) is 0 Å². The van der Waals surface area contributed by atoms with Crippen LogP contribution in [0, 0.1) is 6.92 Å². The third-order valence-electron chi connectivity index (χ3n) is 5.30. The Morgan fingerprint density at radius 1 is 1.00 bits per heavy atom. The van der Waals surface area contributed by atoms with E-state index in [2.05, 4.69) is 22.9 Å². The highest BCUT2D eigenvalue weighted by atomic mass is 79.9. The first kappa shape index (κ1) is 21.3. The summed E-state index contributed by atoms with van der Waals surface area (Å²) in [6, 6.07) is 14.3. The molecule has 1 aliphatic rings. The Morgan fingerprint density at radius 3 is 2.28 bits per heavy atom. The number of rotatable bonds is 7. The summed E-state index contributed by atoms with van der Waals surface area (Å²) in [6.45, 7) is 4.59. The van der Waals surface area contributed by atoms with Gasteiger partial charge in [-0.1, -0.05) is 84.1 Å². The number of amides is 1. The largest absolute Gasteiger partial charge is 0.507 e. The van der Waals surface area contributed by atoms with Gasteiger partial charge in [-0.3, -0.25) is 9.59 Å². The molecule has 1 aliphatic heterocycles. The first-order valence-corrected chi connectivity index (χ1v) is 10.8. The molecule has 152 valence electrons. The van der Waals surface area contributed by atoms with Crippen molar-refractivity contribution in [2.75, 3.05) is 6.54 Å². The number of aliphatic hydroxyl groups excluding tert-OH is 1. The molecule has 0 aliphatic carbocycles. The van der Waals surface area contributed by atoms with Crippen LogP contribution in [0.15, 0.2) is 58.6 Å². The molecule has 5 heteroatoms. The van der Waals surface area contributed by atoms with E-state index in [0.717, 1.165) is 41.3 Å². The lowest BCUT2D eigenvalue weighted by molar-refractivity contribution is -0.139. The van der Waals surface area contributed by atoms with Crippen LogP contribution in [0.1, 0.15) is 55.3 Å². The number of hydrogen-bond donors (Lipinski definition) is 1. The maximum Gasteiger partial charge on any atom is 0.295 e. The number of hydrogen-bond acceptors (Lipinski definition) is 3. The van der Waals surface area contributed by atoms with Crippen molar-refractivity contribution in [3.63, 3.8) is 0 Å². The van der Waals surface area contributed by atoms with E-state index in [-0.39, 0.29) is 11.3 Å². The van der Waals surface area contributed by atoms with Crippen molar-refractivity contribution >= 4 is 33.4 Å². The molecule has 1 heterocycles. The Bertz CT molecular complexity index is 916. The second kappa shape index (κ2) is 9.40. The Kier molecular flexibility index (Phi) is 6.91.